The minimum absolute atomic E-state index is 0.0313. The van der Waals surface area contributed by atoms with E-state index in [1.165, 1.54) is 12.1 Å². The van der Waals surface area contributed by atoms with E-state index in [1.807, 2.05) is 13.8 Å². The molecule has 6 N–H and O–H groups in total. The number of phenolic OH excluding ortho intramolecular Hbond substituents is 2. The Morgan fingerprint density at radius 1 is 0.543 bits per heavy atom. The van der Waals surface area contributed by atoms with Crippen LogP contribution >= 0.6 is 0 Å². The fourth-order valence-electron chi connectivity index (χ4n) is 5.52. The second-order valence-electron chi connectivity index (χ2n) is 12.0. The van der Waals surface area contributed by atoms with Crippen molar-refractivity contribution >= 4 is 23.6 Å². The van der Waals surface area contributed by atoms with Gasteiger partial charge in [-0.05, 0) is 73.9 Å². The van der Waals surface area contributed by atoms with Crippen LogP contribution in [-0.4, -0.2) is 33.8 Å². The van der Waals surface area contributed by atoms with E-state index in [9.17, 15) is 29.4 Å². The molecule has 4 amide bonds. The van der Waals surface area contributed by atoms with Crippen molar-refractivity contribution in [2.45, 2.75) is 118 Å². The van der Waals surface area contributed by atoms with Crippen LogP contribution in [0.2, 0.25) is 0 Å². The number of unbranched alkanes of at least 4 members (excludes halogenated alkanes) is 6. The topological polar surface area (TPSA) is 157 Å². The number of aryl methyl sites for hydroxylation is 2. The quantitative estimate of drug-likeness (QED) is 0.0773. The smallest absolute Gasteiger partial charge is 0.273 e. The number of nitrogens with one attached hydrogen (secondary N) is 4. The number of phenols is 2. The van der Waals surface area contributed by atoms with Crippen LogP contribution in [0.4, 0.5) is 0 Å². The average Bonchev–Trinajstić information content (AvgIpc) is 3.04. The van der Waals surface area contributed by atoms with Crippen LogP contribution in [0.3, 0.4) is 0 Å². The summed E-state index contributed by atoms with van der Waals surface area (Å²) in [7, 11) is 0. The fourth-order valence-corrected chi connectivity index (χ4v) is 5.52. The summed E-state index contributed by atoms with van der Waals surface area (Å²) < 4.78 is 0. The van der Waals surface area contributed by atoms with E-state index in [0.717, 1.165) is 75.3 Å². The van der Waals surface area contributed by atoms with Crippen molar-refractivity contribution < 1.29 is 29.4 Å². The van der Waals surface area contributed by atoms with Crippen molar-refractivity contribution in [1.82, 2.24) is 21.7 Å². The molecule has 0 spiro atoms. The van der Waals surface area contributed by atoms with Crippen molar-refractivity contribution in [3.63, 3.8) is 0 Å². The molecule has 0 aliphatic heterocycles. The average molecular weight is 639 g/mol. The van der Waals surface area contributed by atoms with Crippen LogP contribution in [0.5, 0.6) is 11.5 Å². The molecule has 46 heavy (non-hydrogen) atoms. The lowest BCUT2D eigenvalue weighted by Crippen LogP contribution is -2.51. The van der Waals surface area contributed by atoms with Gasteiger partial charge in [-0.15, -0.1) is 0 Å². The van der Waals surface area contributed by atoms with Crippen LogP contribution in [0.1, 0.15) is 137 Å². The van der Waals surface area contributed by atoms with Crippen molar-refractivity contribution in [3.05, 3.63) is 58.7 Å². The number of hydrazine groups is 2. The Morgan fingerprint density at radius 3 is 1.35 bits per heavy atom. The van der Waals surface area contributed by atoms with Crippen molar-refractivity contribution in [3.8, 4) is 11.5 Å². The number of benzene rings is 2. The van der Waals surface area contributed by atoms with Crippen LogP contribution in [-0.2, 0) is 22.4 Å². The van der Waals surface area contributed by atoms with Crippen molar-refractivity contribution in [2.24, 2.45) is 11.8 Å². The molecule has 2 rings (SSSR count). The summed E-state index contributed by atoms with van der Waals surface area (Å²) in [6, 6.07) is 9.77. The second-order valence-corrected chi connectivity index (χ2v) is 12.0. The zero-order chi connectivity index (χ0) is 33.9. The first kappa shape index (κ1) is 38.1. The van der Waals surface area contributed by atoms with Gasteiger partial charge >= 0.3 is 0 Å². The number of carbonyl (C=O) groups excluding carboxylic acids is 4. The Bertz CT molecular complexity index is 1280. The lowest BCUT2D eigenvalue weighted by Gasteiger charge is -2.26. The maximum Gasteiger partial charge on any atom is 0.273 e. The van der Waals surface area contributed by atoms with E-state index in [2.05, 4.69) is 35.6 Å². The Labute approximate surface area is 274 Å². The molecule has 0 radical (unpaired) electrons. The summed E-state index contributed by atoms with van der Waals surface area (Å²) in [5.74, 6) is -4.32. The van der Waals surface area contributed by atoms with Crippen LogP contribution in [0, 0.1) is 11.8 Å². The van der Waals surface area contributed by atoms with E-state index in [1.54, 1.807) is 24.3 Å². The Kier molecular flexibility index (Phi) is 17.3. The van der Waals surface area contributed by atoms with Gasteiger partial charge in [-0.1, -0.05) is 91.2 Å². The lowest BCUT2D eigenvalue weighted by atomic mass is 9.83. The van der Waals surface area contributed by atoms with Gasteiger partial charge in [-0.25, -0.2) is 0 Å². The van der Waals surface area contributed by atoms with E-state index in [4.69, 9.17) is 0 Å². The molecule has 2 unspecified atom stereocenters. The molecular weight excluding hydrogens is 584 g/mol. The highest BCUT2D eigenvalue weighted by Crippen LogP contribution is 2.25. The van der Waals surface area contributed by atoms with Gasteiger partial charge in [0.25, 0.3) is 11.8 Å². The van der Waals surface area contributed by atoms with Gasteiger partial charge in [0.05, 0.1) is 23.0 Å². The Balaban J connectivity index is 2.08. The lowest BCUT2D eigenvalue weighted by molar-refractivity contribution is -0.136. The van der Waals surface area contributed by atoms with Crippen molar-refractivity contribution in [1.29, 1.82) is 0 Å². The number of hydrogen-bond acceptors (Lipinski definition) is 6. The minimum atomic E-state index is -0.788. The first-order chi connectivity index (χ1) is 22.2. The Morgan fingerprint density at radius 2 is 0.957 bits per heavy atom. The van der Waals surface area contributed by atoms with Gasteiger partial charge in [0.15, 0.2) is 0 Å². The van der Waals surface area contributed by atoms with Crippen LogP contribution < -0.4 is 21.7 Å². The maximum absolute atomic E-state index is 13.4. The van der Waals surface area contributed by atoms with Crippen LogP contribution in [0.25, 0.3) is 0 Å². The van der Waals surface area contributed by atoms with Gasteiger partial charge in [0, 0.05) is 0 Å². The van der Waals surface area contributed by atoms with Gasteiger partial charge in [0.2, 0.25) is 11.8 Å². The van der Waals surface area contributed by atoms with Gasteiger partial charge in [0.1, 0.15) is 11.5 Å². The molecule has 0 saturated carbocycles. The maximum atomic E-state index is 13.4. The molecule has 2 atom stereocenters. The highest BCUT2D eigenvalue weighted by atomic mass is 16.3. The molecule has 2 aromatic carbocycles. The fraction of sp³-hybridized carbons (Fsp3) is 0.556. The molecule has 0 aromatic heterocycles. The number of rotatable bonds is 19. The molecule has 0 heterocycles. The van der Waals surface area contributed by atoms with Crippen molar-refractivity contribution in [2.75, 3.05) is 0 Å². The predicted molar refractivity (Wildman–Crippen MR) is 180 cm³/mol. The first-order valence-electron chi connectivity index (χ1n) is 17.0. The van der Waals surface area contributed by atoms with E-state index in [-0.39, 0.29) is 22.6 Å². The number of aromatic hydroxyl groups is 2. The summed E-state index contributed by atoms with van der Waals surface area (Å²) in [6.07, 6.45) is 11.7. The van der Waals surface area contributed by atoms with E-state index in [0.29, 0.717) is 25.7 Å². The largest absolute Gasteiger partial charge is 0.507 e. The highest BCUT2D eigenvalue weighted by molar-refractivity contribution is 5.99. The SMILES string of the molecule is CCCCCc1ccc(C(=O)NNC(=O)C(CCC)C(CCCCC)C(=O)NNC(=O)c2ccc(CCCCC)cc2O)c(O)c1. The number of carbonyl (C=O) groups is 4. The summed E-state index contributed by atoms with van der Waals surface area (Å²) in [5.41, 5.74) is 11.6. The summed E-state index contributed by atoms with van der Waals surface area (Å²) >= 11 is 0. The highest BCUT2D eigenvalue weighted by Gasteiger charge is 2.33. The monoisotopic (exact) mass is 638 g/mol. The molecule has 10 nitrogen and oxygen atoms in total. The molecule has 0 saturated heterocycles. The summed E-state index contributed by atoms with van der Waals surface area (Å²) in [4.78, 5) is 52.5. The van der Waals surface area contributed by atoms with Gasteiger partial charge in [-0.3, -0.25) is 40.9 Å². The molecule has 0 bridgehead atoms. The van der Waals surface area contributed by atoms with E-state index >= 15 is 0 Å². The third kappa shape index (κ3) is 12.4. The third-order valence-corrected chi connectivity index (χ3v) is 8.23. The summed E-state index contributed by atoms with van der Waals surface area (Å²) in [6.45, 7) is 8.17. The molecule has 0 fully saturated rings. The molecule has 10 heteroatoms. The molecule has 2 aromatic rings. The number of amides is 4. The zero-order valence-corrected chi connectivity index (χ0v) is 28.0. The predicted octanol–water partition coefficient (Wildman–Crippen LogP) is 6.40. The van der Waals surface area contributed by atoms with Gasteiger partial charge < -0.3 is 10.2 Å². The molecule has 0 aliphatic carbocycles. The zero-order valence-electron chi connectivity index (χ0n) is 28.0. The molecule has 254 valence electrons. The summed E-state index contributed by atoms with van der Waals surface area (Å²) in [5, 5.41) is 20.9. The number of hydrogen-bond donors (Lipinski definition) is 6. The Hall–Kier alpha value is -4.08. The first-order valence-corrected chi connectivity index (χ1v) is 17.0. The molecular formula is C36H54N4O6. The van der Waals surface area contributed by atoms with Gasteiger partial charge in [-0.2, -0.15) is 0 Å². The standard InChI is InChI=1S/C36H54N4O6/c1-5-9-12-16-25-19-21-29(31(41)23-25)35(45)39-37-33(43)27(15-8-4)28(18-14-11-7-3)34(44)38-40-36(46)30-22-20-26(24-32(30)42)17-13-10-6-2/h19-24,27-28,41-42H,5-18H2,1-4H3,(H,37,43)(H,38,44)(H,39,45)(H,40,46). The van der Waals surface area contributed by atoms with Crippen LogP contribution in [0.15, 0.2) is 36.4 Å². The molecule has 0 aliphatic rings. The normalized spacial score (nSPS) is 12.2. The van der Waals surface area contributed by atoms with E-state index < -0.39 is 35.5 Å². The second kappa shape index (κ2) is 20.9. The third-order valence-electron chi connectivity index (χ3n) is 8.23. The minimum Gasteiger partial charge on any atom is -0.507 e.